The van der Waals surface area contributed by atoms with E-state index in [9.17, 15) is 0 Å². The summed E-state index contributed by atoms with van der Waals surface area (Å²) in [4.78, 5) is 4.54. The van der Waals surface area contributed by atoms with Crippen molar-refractivity contribution in [1.82, 2.24) is 0 Å². The lowest BCUT2D eigenvalue weighted by Gasteiger charge is -2.33. The summed E-state index contributed by atoms with van der Waals surface area (Å²) in [6.45, 7) is 0. The number of nitrogen functional groups attached to an aromatic ring is 2. The standard InChI is InChI=1S/C53H44N4O4/c1-58-41-17-7-35(8-18-41)56(36-9-19-42(59-2)20-10-36)39-15-27-47-45-25-5-33(54)29-49(45)53(51(47)31-39)50-30-34(55)6-26-46(50)48-28-16-40(32-52(48)53)57(37-11-21-43(60-3)22-12-37)38-13-23-44(61-4)24-14-38/h5-32H,54-55H2,1-4H3. The third-order valence-corrected chi connectivity index (χ3v) is 12.1. The van der Waals surface area contributed by atoms with E-state index in [2.05, 4.69) is 119 Å². The number of hydrogen-bond donors (Lipinski definition) is 2. The zero-order chi connectivity index (χ0) is 41.8. The molecule has 4 N–H and O–H groups in total. The van der Waals surface area contributed by atoms with Gasteiger partial charge in [-0.05, 0) is 190 Å². The van der Waals surface area contributed by atoms with Gasteiger partial charge < -0.3 is 40.2 Å². The summed E-state index contributed by atoms with van der Waals surface area (Å²) < 4.78 is 22.3. The molecule has 0 fully saturated rings. The Hall–Kier alpha value is -7.84. The quantitative estimate of drug-likeness (QED) is 0.132. The van der Waals surface area contributed by atoms with Crippen LogP contribution >= 0.6 is 0 Å². The second kappa shape index (κ2) is 14.8. The molecule has 0 aliphatic heterocycles. The summed E-state index contributed by atoms with van der Waals surface area (Å²) in [6.07, 6.45) is 0. The molecule has 0 saturated heterocycles. The van der Waals surface area contributed by atoms with Crippen molar-refractivity contribution in [2.45, 2.75) is 5.41 Å². The minimum Gasteiger partial charge on any atom is -0.497 e. The molecule has 0 aromatic heterocycles. The van der Waals surface area contributed by atoms with E-state index in [1.165, 1.54) is 0 Å². The molecule has 0 heterocycles. The van der Waals surface area contributed by atoms with Gasteiger partial charge in [0.2, 0.25) is 0 Å². The van der Waals surface area contributed by atoms with Crippen molar-refractivity contribution in [3.63, 3.8) is 0 Å². The number of benzene rings is 8. The summed E-state index contributed by atoms with van der Waals surface area (Å²) in [5, 5.41) is 0. The highest BCUT2D eigenvalue weighted by Gasteiger charge is 2.52. The third-order valence-electron chi connectivity index (χ3n) is 12.1. The maximum absolute atomic E-state index is 6.76. The highest BCUT2D eigenvalue weighted by molar-refractivity contribution is 5.98. The fourth-order valence-electron chi connectivity index (χ4n) is 9.34. The van der Waals surface area contributed by atoms with Crippen molar-refractivity contribution in [3.05, 3.63) is 192 Å². The summed E-state index contributed by atoms with van der Waals surface area (Å²) in [5.41, 5.74) is 29.1. The molecule has 10 rings (SSSR count). The van der Waals surface area contributed by atoms with Gasteiger partial charge in [-0.25, -0.2) is 0 Å². The Morgan fingerprint density at radius 2 is 0.557 bits per heavy atom. The molecular weight excluding hydrogens is 757 g/mol. The molecule has 61 heavy (non-hydrogen) atoms. The van der Waals surface area contributed by atoms with Crippen LogP contribution in [0, 0.1) is 0 Å². The van der Waals surface area contributed by atoms with Crippen LogP contribution in [0.2, 0.25) is 0 Å². The molecule has 0 radical (unpaired) electrons. The van der Waals surface area contributed by atoms with Gasteiger partial charge in [0.1, 0.15) is 23.0 Å². The van der Waals surface area contributed by atoms with Crippen LogP contribution in [0.15, 0.2) is 170 Å². The van der Waals surface area contributed by atoms with Gasteiger partial charge >= 0.3 is 0 Å². The summed E-state index contributed by atoms with van der Waals surface area (Å²) in [7, 11) is 6.74. The third kappa shape index (κ3) is 5.98. The molecule has 2 aliphatic carbocycles. The van der Waals surface area contributed by atoms with Crippen LogP contribution in [0.5, 0.6) is 23.0 Å². The van der Waals surface area contributed by atoms with Gasteiger partial charge in [0.05, 0.1) is 33.9 Å². The Kier molecular flexibility index (Phi) is 9.06. The predicted molar refractivity (Wildman–Crippen MR) is 247 cm³/mol. The molecule has 8 nitrogen and oxygen atoms in total. The molecule has 2 aliphatic rings. The highest BCUT2D eigenvalue weighted by atomic mass is 16.5. The van der Waals surface area contributed by atoms with Gasteiger partial charge in [-0.1, -0.05) is 24.3 Å². The summed E-state index contributed by atoms with van der Waals surface area (Å²) in [6, 6.07) is 58.8. The summed E-state index contributed by atoms with van der Waals surface area (Å²) in [5.74, 6) is 3.13. The molecule has 8 aromatic carbocycles. The van der Waals surface area contributed by atoms with Crippen molar-refractivity contribution < 1.29 is 18.9 Å². The minimum absolute atomic E-state index is 0.692. The van der Waals surface area contributed by atoms with E-state index in [4.69, 9.17) is 30.4 Å². The Balaban J connectivity index is 1.24. The number of nitrogens with two attached hydrogens (primary N) is 2. The molecule has 300 valence electrons. The first-order valence-electron chi connectivity index (χ1n) is 20.1. The van der Waals surface area contributed by atoms with Gasteiger partial charge in [-0.15, -0.1) is 0 Å². The molecule has 0 bridgehead atoms. The maximum Gasteiger partial charge on any atom is 0.119 e. The maximum atomic E-state index is 6.76. The van der Waals surface area contributed by atoms with Gasteiger partial charge in [0, 0.05) is 45.5 Å². The fourth-order valence-corrected chi connectivity index (χ4v) is 9.34. The number of hydrogen-bond acceptors (Lipinski definition) is 8. The Morgan fingerprint density at radius 3 is 0.836 bits per heavy atom. The zero-order valence-electron chi connectivity index (χ0n) is 34.3. The number of nitrogens with zero attached hydrogens (tertiary/aromatic N) is 2. The number of fused-ring (bicyclic) bond motifs is 10. The van der Waals surface area contributed by atoms with Crippen molar-refractivity contribution in [3.8, 4) is 45.3 Å². The van der Waals surface area contributed by atoms with Crippen LogP contribution in [-0.2, 0) is 5.41 Å². The van der Waals surface area contributed by atoms with Gasteiger partial charge in [-0.2, -0.15) is 0 Å². The summed E-state index contributed by atoms with van der Waals surface area (Å²) >= 11 is 0. The molecule has 0 unspecified atom stereocenters. The van der Waals surface area contributed by atoms with Crippen LogP contribution in [0.25, 0.3) is 22.3 Å². The number of rotatable bonds is 10. The van der Waals surface area contributed by atoms with Crippen molar-refractivity contribution >= 4 is 45.5 Å². The normalized spacial score (nSPS) is 12.5. The second-order valence-corrected chi connectivity index (χ2v) is 15.3. The van der Waals surface area contributed by atoms with E-state index in [1.807, 2.05) is 60.7 Å². The Morgan fingerprint density at radius 1 is 0.311 bits per heavy atom. The average Bonchev–Trinajstić information content (AvgIpc) is 3.75. The predicted octanol–water partition coefficient (Wildman–Crippen LogP) is 12.2. The lowest BCUT2D eigenvalue weighted by atomic mass is 9.70. The lowest BCUT2D eigenvalue weighted by molar-refractivity contribution is 0.414. The van der Waals surface area contributed by atoms with Crippen LogP contribution in [0.4, 0.5) is 45.5 Å². The number of methoxy groups -OCH3 is 4. The minimum atomic E-state index is -0.775. The fraction of sp³-hybridized carbons (Fsp3) is 0.0943. The van der Waals surface area contributed by atoms with Gasteiger partial charge in [0.15, 0.2) is 0 Å². The molecular formula is C53H44N4O4. The van der Waals surface area contributed by atoms with E-state index in [0.29, 0.717) is 11.4 Å². The molecule has 1 spiro atoms. The lowest BCUT2D eigenvalue weighted by Crippen LogP contribution is -2.27. The van der Waals surface area contributed by atoms with E-state index in [-0.39, 0.29) is 0 Å². The van der Waals surface area contributed by atoms with Crippen LogP contribution in [0.1, 0.15) is 22.3 Å². The molecule has 0 amide bonds. The van der Waals surface area contributed by atoms with E-state index in [1.54, 1.807) is 28.4 Å². The first-order valence-corrected chi connectivity index (χ1v) is 20.1. The van der Waals surface area contributed by atoms with Crippen molar-refractivity contribution in [1.29, 1.82) is 0 Å². The van der Waals surface area contributed by atoms with E-state index < -0.39 is 5.41 Å². The molecule has 8 heteroatoms. The topological polar surface area (TPSA) is 95.4 Å². The Bertz CT molecular complexity index is 2630. The van der Waals surface area contributed by atoms with Crippen LogP contribution in [0.3, 0.4) is 0 Å². The highest BCUT2D eigenvalue weighted by Crippen LogP contribution is 2.64. The monoisotopic (exact) mass is 800 g/mol. The number of ether oxygens (including phenoxy) is 4. The number of anilines is 8. The van der Waals surface area contributed by atoms with E-state index in [0.717, 1.165) is 102 Å². The first-order chi connectivity index (χ1) is 29.8. The molecule has 8 aromatic rings. The molecule has 0 saturated carbocycles. The largest absolute Gasteiger partial charge is 0.497 e. The van der Waals surface area contributed by atoms with Crippen LogP contribution in [-0.4, -0.2) is 28.4 Å². The SMILES string of the molecule is COc1ccc(N(c2ccc(OC)cc2)c2ccc3c(c2)C2(c4cc(N)ccc4-3)c3cc(N)ccc3-c3ccc(N(c4ccc(OC)cc4)c4ccc(OC)cc4)cc32)cc1. The van der Waals surface area contributed by atoms with Crippen molar-refractivity contribution in [2.24, 2.45) is 0 Å². The first kappa shape index (κ1) is 37.4. The smallest absolute Gasteiger partial charge is 0.119 e. The van der Waals surface area contributed by atoms with Crippen LogP contribution < -0.4 is 40.2 Å². The molecule has 0 atom stereocenters. The average molecular weight is 801 g/mol. The van der Waals surface area contributed by atoms with Crippen molar-refractivity contribution in [2.75, 3.05) is 49.7 Å². The van der Waals surface area contributed by atoms with Gasteiger partial charge in [-0.3, -0.25) is 0 Å². The zero-order valence-corrected chi connectivity index (χ0v) is 34.3. The Labute approximate surface area is 355 Å². The second-order valence-electron chi connectivity index (χ2n) is 15.3. The van der Waals surface area contributed by atoms with Gasteiger partial charge in [0.25, 0.3) is 0 Å². The van der Waals surface area contributed by atoms with E-state index >= 15 is 0 Å².